The molecule has 3 saturated heterocycles. The molecule has 33 heavy (non-hydrogen) atoms. The van der Waals surface area contributed by atoms with Crippen molar-refractivity contribution in [2.75, 3.05) is 13.2 Å². The van der Waals surface area contributed by atoms with Crippen LogP contribution in [-0.4, -0.2) is 161 Å². The van der Waals surface area contributed by atoms with Crippen LogP contribution in [0, 0.1) is 0 Å². The smallest absolute Gasteiger partial charge is 0.225 e. The van der Waals surface area contributed by atoms with Crippen LogP contribution in [0.25, 0.3) is 0 Å². The standard InChI is InChI=1S/C18H32O15/c1-4-7(21)9(23)11(25)16(30-4)18(29)15(28)13(27)14(6(3-20)33-18)32-17-12(26)10(24)8(22)5(2-19)31-17/h4-17,19-29H,2-3H2,1H3/t4-,5+,6+,7+,8-,9+,10-,11-,12+,13-,14+,15+,16?,17-,18?/m0/s1/i16D. The molecule has 2 unspecified atom stereocenters. The van der Waals surface area contributed by atoms with Crippen molar-refractivity contribution < 1.29 is 76.5 Å². The molecule has 0 amide bonds. The van der Waals surface area contributed by atoms with Crippen molar-refractivity contribution in [3.05, 3.63) is 0 Å². The Morgan fingerprint density at radius 1 is 0.758 bits per heavy atom. The molecule has 0 aliphatic carbocycles. The Kier molecular flexibility index (Phi) is 7.86. The lowest BCUT2D eigenvalue weighted by molar-refractivity contribution is -0.419. The Morgan fingerprint density at radius 3 is 1.91 bits per heavy atom. The van der Waals surface area contributed by atoms with Crippen LogP contribution in [0.5, 0.6) is 0 Å². The molecule has 3 rings (SSSR count). The van der Waals surface area contributed by atoms with Gasteiger partial charge in [0.25, 0.3) is 0 Å². The summed E-state index contributed by atoms with van der Waals surface area (Å²) in [4.78, 5) is 0. The summed E-state index contributed by atoms with van der Waals surface area (Å²) in [5, 5.41) is 112. The maximum atomic E-state index is 11.1. The molecular formula is C18H32O15. The van der Waals surface area contributed by atoms with E-state index in [1.165, 1.54) is 6.92 Å². The van der Waals surface area contributed by atoms with Gasteiger partial charge in [0.1, 0.15) is 73.2 Å². The van der Waals surface area contributed by atoms with E-state index in [2.05, 4.69) is 0 Å². The molecule has 3 fully saturated rings. The number of ether oxygens (including phenoxy) is 4. The van der Waals surface area contributed by atoms with Gasteiger partial charge in [0, 0.05) is 0 Å². The van der Waals surface area contributed by atoms with Gasteiger partial charge in [-0.1, -0.05) is 0 Å². The fraction of sp³-hybridized carbons (Fsp3) is 1.00. The lowest BCUT2D eigenvalue weighted by Crippen LogP contribution is -2.75. The molecule has 0 bridgehead atoms. The van der Waals surface area contributed by atoms with E-state index < -0.39 is 105 Å². The van der Waals surface area contributed by atoms with E-state index in [0.29, 0.717) is 0 Å². The van der Waals surface area contributed by atoms with E-state index in [1.54, 1.807) is 0 Å². The van der Waals surface area contributed by atoms with Crippen molar-refractivity contribution in [2.45, 2.75) is 98.3 Å². The van der Waals surface area contributed by atoms with Gasteiger partial charge in [0.2, 0.25) is 5.79 Å². The Hall–Kier alpha value is -0.600. The minimum Gasteiger partial charge on any atom is -0.394 e. The number of aliphatic hydroxyl groups excluding tert-OH is 10. The summed E-state index contributed by atoms with van der Waals surface area (Å²) in [6.45, 7) is -0.614. The summed E-state index contributed by atoms with van der Waals surface area (Å²) < 4.78 is 29.4. The van der Waals surface area contributed by atoms with E-state index >= 15 is 0 Å². The highest BCUT2D eigenvalue weighted by molar-refractivity contribution is 5.06. The third-order valence-electron chi connectivity index (χ3n) is 6.17. The lowest BCUT2D eigenvalue weighted by Gasteiger charge is -2.53. The molecule has 15 heteroatoms. The SMILES string of the molecule is [2H]C1(C2(O)O[C@H](CO)[C@@H](O[C@@H]3O[C@H](CO)[C@H](O)[C@H](O)[C@H]3O)[C@H](O)[C@H]2O)O[C@@H](C)[C@@H](O)[C@@H](O)[C@@H]1O. The molecule has 11 N–H and O–H groups in total. The second-order valence-corrected chi connectivity index (χ2v) is 8.38. The number of hydrogen-bond donors (Lipinski definition) is 11. The highest BCUT2D eigenvalue weighted by atomic mass is 16.7. The van der Waals surface area contributed by atoms with Crippen LogP contribution in [0.4, 0.5) is 0 Å². The summed E-state index contributed by atoms with van der Waals surface area (Å²) in [6.07, 6.45) is -27.4. The van der Waals surface area contributed by atoms with Gasteiger partial charge in [-0.2, -0.15) is 0 Å². The van der Waals surface area contributed by atoms with Crippen LogP contribution >= 0.6 is 0 Å². The summed E-state index contributed by atoms with van der Waals surface area (Å²) in [7, 11) is 0. The van der Waals surface area contributed by atoms with Gasteiger partial charge in [0.15, 0.2) is 6.29 Å². The molecule has 15 nitrogen and oxygen atoms in total. The first-order chi connectivity index (χ1) is 15.7. The molecule has 15 atom stereocenters. The van der Waals surface area contributed by atoms with Gasteiger partial charge in [-0.25, -0.2) is 0 Å². The second kappa shape index (κ2) is 10.2. The van der Waals surface area contributed by atoms with Crippen LogP contribution in [-0.2, 0) is 18.9 Å². The van der Waals surface area contributed by atoms with Gasteiger partial charge in [-0.3, -0.25) is 0 Å². The Bertz CT molecular complexity index is 700. The predicted molar refractivity (Wildman–Crippen MR) is 99.9 cm³/mol. The first kappa shape index (κ1) is 25.5. The van der Waals surface area contributed by atoms with Crippen molar-refractivity contribution in [3.8, 4) is 0 Å². The number of aliphatic hydroxyl groups is 11. The van der Waals surface area contributed by atoms with E-state index in [0.717, 1.165) is 0 Å². The molecule has 3 aliphatic heterocycles. The van der Waals surface area contributed by atoms with E-state index in [-0.39, 0.29) is 0 Å². The normalized spacial score (nSPS) is 58.7. The van der Waals surface area contributed by atoms with Crippen LogP contribution in [0.1, 0.15) is 8.29 Å². The van der Waals surface area contributed by atoms with Crippen molar-refractivity contribution in [2.24, 2.45) is 0 Å². The molecule has 0 radical (unpaired) electrons. The largest absolute Gasteiger partial charge is 0.394 e. The molecule has 0 saturated carbocycles. The summed E-state index contributed by atoms with van der Waals surface area (Å²) in [5.41, 5.74) is 0. The zero-order valence-corrected chi connectivity index (χ0v) is 17.5. The predicted octanol–water partition coefficient (Wildman–Crippen LogP) is -7.16. The monoisotopic (exact) mass is 489 g/mol. The van der Waals surface area contributed by atoms with Gasteiger partial charge in [-0.15, -0.1) is 0 Å². The number of rotatable bonds is 5. The van der Waals surface area contributed by atoms with Crippen LogP contribution in [0.3, 0.4) is 0 Å². The Morgan fingerprint density at radius 2 is 1.33 bits per heavy atom. The zero-order chi connectivity index (χ0) is 25.7. The molecule has 0 aromatic heterocycles. The molecule has 194 valence electrons. The van der Waals surface area contributed by atoms with Crippen molar-refractivity contribution >= 4 is 0 Å². The van der Waals surface area contributed by atoms with Gasteiger partial charge in [0.05, 0.1) is 20.7 Å². The average molecular weight is 489 g/mol. The van der Waals surface area contributed by atoms with E-state index in [4.69, 9.17) is 20.3 Å². The van der Waals surface area contributed by atoms with Crippen LogP contribution < -0.4 is 0 Å². The zero-order valence-electron chi connectivity index (χ0n) is 18.5. The molecule has 0 aromatic rings. The van der Waals surface area contributed by atoms with Crippen molar-refractivity contribution in [3.63, 3.8) is 0 Å². The molecule has 3 aliphatic rings. The third-order valence-corrected chi connectivity index (χ3v) is 6.17. The van der Waals surface area contributed by atoms with E-state index in [9.17, 15) is 56.2 Å². The van der Waals surface area contributed by atoms with Gasteiger partial charge in [-0.05, 0) is 6.92 Å². The highest BCUT2D eigenvalue weighted by Crippen LogP contribution is 2.39. The first-order valence-corrected chi connectivity index (χ1v) is 10.3. The highest BCUT2D eigenvalue weighted by Gasteiger charge is 2.63. The van der Waals surface area contributed by atoms with Crippen molar-refractivity contribution in [1.29, 1.82) is 0 Å². The first-order valence-electron chi connectivity index (χ1n) is 10.8. The molecule has 0 aromatic carbocycles. The quantitative estimate of drug-likeness (QED) is 0.171. The maximum Gasteiger partial charge on any atom is 0.225 e. The number of hydrogen-bond acceptors (Lipinski definition) is 15. The third kappa shape index (κ3) is 4.65. The topological polar surface area (TPSA) is 259 Å². The van der Waals surface area contributed by atoms with Crippen LogP contribution in [0.15, 0.2) is 0 Å². The lowest BCUT2D eigenvalue weighted by atomic mass is 9.83. The van der Waals surface area contributed by atoms with Crippen LogP contribution in [0.2, 0.25) is 0 Å². The van der Waals surface area contributed by atoms with Gasteiger partial charge >= 0.3 is 0 Å². The van der Waals surface area contributed by atoms with E-state index in [1.807, 2.05) is 0 Å². The minimum absolute atomic E-state index is 0.788. The second-order valence-electron chi connectivity index (χ2n) is 8.38. The average Bonchev–Trinajstić information content (AvgIpc) is 2.81. The fourth-order valence-corrected chi connectivity index (χ4v) is 4.10. The molecule has 0 spiro atoms. The minimum atomic E-state index is -3.29. The Balaban J connectivity index is 1.87. The molecular weight excluding hydrogens is 456 g/mol. The van der Waals surface area contributed by atoms with Crippen molar-refractivity contribution in [1.82, 2.24) is 0 Å². The maximum absolute atomic E-state index is 11.1. The summed E-state index contributed by atoms with van der Waals surface area (Å²) in [6, 6.07) is 0. The Labute approximate surface area is 189 Å². The molecule has 3 heterocycles. The summed E-state index contributed by atoms with van der Waals surface area (Å²) in [5.74, 6) is -3.29. The summed E-state index contributed by atoms with van der Waals surface area (Å²) >= 11 is 0. The van der Waals surface area contributed by atoms with Gasteiger partial charge < -0.3 is 75.1 Å². The fourth-order valence-electron chi connectivity index (χ4n) is 4.10.